The average Bonchev–Trinajstić information content (AvgIpc) is 2.72. The minimum atomic E-state index is -0.608. The summed E-state index contributed by atoms with van der Waals surface area (Å²) in [4.78, 5) is 37.1. The van der Waals surface area contributed by atoms with E-state index in [0.29, 0.717) is 12.1 Å². The lowest BCUT2D eigenvalue weighted by Gasteiger charge is -2.15. The third kappa shape index (κ3) is 1.96. The van der Waals surface area contributed by atoms with E-state index in [1.54, 1.807) is 18.2 Å². The number of hydrogen-bond donors (Lipinski definition) is 0. The molecule has 3 rings (SSSR count). The van der Waals surface area contributed by atoms with Crippen molar-refractivity contribution in [3.05, 3.63) is 42.0 Å². The molecule has 1 aromatic rings. The molecule has 0 saturated carbocycles. The second-order valence-corrected chi connectivity index (χ2v) is 5.32. The van der Waals surface area contributed by atoms with E-state index >= 15 is 0 Å². The zero-order valence-corrected chi connectivity index (χ0v) is 11.3. The van der Waals surface area contributed by atoms with Crippen LogP contribution in [0.3, 0.4) is 0 Å². The van der Waals surface area contributed by atoms with Gasteiger partial charge in [-0.1, -0.05) is 18.2 Å². The van der Waals surface area contributed by atoms with Gasteiger partial charge in [-0.2, -0.15) is 0 Å². The fraction of sp³-hybridized carbons (Fsp3) is 0.267. The number of carbonyl (C=O) groups is 3. The van der Waals surface area contributed by atoms with E-state index in [1.165, 1.54) is 11.0 Å². The van der Waals surface area contributed by atoms with Gasteiger partial charge in [0.05, 0.1) is 17.5 Å². The molecule has 2 aliphatic rings. The number of nitrogens with zero attached hydrogens (tertiary/aromatic N) is 1. The highest BCUT2D eigenvalue weighted by Crippen LogP contribution is 2.37. The molecule has 0 aromatic heterocycles. The molecule has 1 aromatic carbocycles. The van der Waals surface area contributed by atoms with Crippen LogP contribution in [0.1, 0.15) is 23.2 Å². The first-order valence-electron chi connectivity index (χ1n) is 6.44. The van der Waals surface area contributed by atoms with Crippen molar-refractivity contribution in [3.63, 3.8) is 0 Å². The van der Waals surface area contributed by atoms with Crippen LogP contribution in [-0.2, 0) is 9.59 Å². The molecular formula is C15H12ClNO3. The monoisotopic (exact) mass is 289 g/mol. The van der Waals surface area contributed by atoms with E-state index in [2.05, 4.69) is 0 Å². The number of allylic oxidation sites excluding steroid dienone is 1. The average molecular weight is 290 g/mol. The van der Waals surface area contributed by atoms with Crippen molar-refractivity contribution >= 4 is 34.3 Å². The highest BCUT2D eigenvalue weighted by atomic mass is 35.5. The van der Waals surface area contributed by atoms with Crippen molar-refractivity contribution in [2.45, 2.75) is 12.8 Å². The van der Waals surface area contributed by atoms with Crippen molar-refractivity contribution in [1.82, 2.24) is 0 Å². The predicted molar refractivity (Wildman–Crippen MR) is 74.5 cm³/mol. The minimum Gasteiger partial charge on any atom is -0.276 e. The van der Waals surface area contributed by atoms with Crippen LogP contribution < -0.4 is 4.90 Å². The van der Waals surface area contributed by atoms with Crippen LogP contribution in [0.2, 0.25) is 0 Å². The summed E-state index contributed by atoms with van der Waals surface area (Å²) >= 11 is 5.44. The fourth-order valence-electron chi connectivity index (χ4n) is 2.81. The molecule has 0 radical (unpaired) electrons. The lowest BCUT2D eigenvalue weighted by Crippen LogP contribution is -2.30. The maximum absolute atomic E-state index is 12.4. The first-order chi connectivity index (χ1) is 9.59. The lowest BCUT2D eigenvalue weighted by atomic mass is 9.86. The van der Waals surface area contributed by atoms with Crippen LogP contribution in [0.15, 0.2) is 36.4 Å². The zero-order valence-electron chi connectivity index (χ0n) is 10.6. The molecule has 0 N–H and O–H groups in total. The molecule has 1 fully saturated rings. The summed E-state index contributed by atoms with van der Waals surface area (Å²) in [6, 6.07) is 6.28. The molecule has 1 heterocycles. The Balaban J connectivity index is 2.00. The number of rotatable bonds is 2. The number of amides is 2. The summed E-state index contributed by atoms with van der Waals surface area (Å²) in [6.07, 6.45) is 5.25. The Labute approximate surface area is 121 Å². The smallest absolute Gasteiger partial charge is 0.252 e. The zero-order chi connectivity index (χ0) is 14.3. The fourth-order valence-corrected chi connectivity index (χ4v) is 2.93. The Kier molecular flexibility index (Phi) is 3.18. The van der Waals surface area contributed by atoms with Gasteiger partial charge < -0.3 is 0 Å². The number of anilines is 1. The van der Waals surface area contributed by atoms with E-state index in [1.807, 2.05) is 12.2 Å². The van der Waals surface area contributed by atoms with Gasteiger partial charge in [0.15, 0.2) is 0 Å². The quantitative estimate of drug-likeness (QED) is 0.477. The molecule has 1 aliphatic heterocycles. The Morgan fingerprint density at radius 1 is 1.25 bits per heavy atom. The summed E-state index contributed by atoms with van der Waals surface area (Å²) < 4.78 is 0. The van der Waals surface area contributed by atoms with Crippen molar-refractivity contribution in [2.75, 3.05) is 4.90 Å². The number of imide groups is 1. The van der Waals surface area contributed by atoms with Gasteiger partial charge in [0.25, 0.3) is 5.24 Å². The van der Waals surface area contributed by atoms with Gasteiger partial charge in [-0.05, 0) is 42.6 Å². The summed E-state index contributed by atoms with van der Waals surface area (Å²) in [5.74, 6) is -1.06. The van der Waals surface area contributed by atoms with E-state index in [4.69, 9.17) is 11.6 Å². The van der Waals surface area contributed by atoms with Gasteiger partial charge in [0.1, 0.15) is 0 Å². The Morgan fingerprint density at radius 2 is 2.05 bits per heavy atom. The first-order valence-corrected chi connectivity index (χ1v) is 6.82. The van der Waals surface area contributed by atoms with Crippen molar-refractivity contribution in [2.24, 2.45) is 11.8 Å². The van der Waals surface area contributed by atoms with Crippen LogP contribution in [0, 0.1) is 11.8 Å². The standard InChI is InChI=1S/C15H12ClNO3/c16-13(18)9-4-3-5-10(8-9)17-14(19)11-6-1-2-7-12(11)15(17)20/h1,3-6,8,11-12H,2,7H2. The topological polar surface area (TPSA) is 54.5 Å². The normalized spacial score (nSPS) is 24.9. The number of hydrogen-bond acceptors (Lipinski definition) is 3. The molecule has 2 atom stereocenters. The highest BCUT2D eigenvalue weighted by Gasteiger charge is 2.47. The molecule has 1 saturated heterocycles. The molecule has 2 unspecified atom stereocenters. The molecular weight excluding hydrogens is 278 g/mol. The molecule has 4 nitrogen and oxygen atoms in total. The van der Waals surface area contributed by atoms with Crippen LogP contribution in [0.5, 0.6) is 0 Å². The van der Waals surface area contributed by atoms with E-state index in [9.17, 15) is 14.4 Å². The molecule has 0 bridgehead atoms. The van der Waals surface area contributed by atoms with Crippen LogP contribution in [0.25, 0.3) is 0 Å². The van der Waals surface area contributed by atoms with Crippen LogP contribution >= 0.6 is 11.6 Å². The molecule has 5 heteroatoms. The Bertz CT molecular complexity index is 638. The van der Waals surface area contributed by atoms with E-state index in [0.717, 1.165) is 6.42 Å². The van der Waals surface area contributed by atoms with Gasteiger partial charge in [-0.15, -0.1) is 0 Å². The van der Waals surface area contributed by atoms with Gasteiger partial charge in [-0.3, -0.25) is 14.4 Å². The lowest BCUT2D eigenvalue weighted by molar-refractivity contribution is -0.122. The number of carbonyl (C=O) groups excluding carboxylic acids is 3. The maximum Gasteiger partial charge on any atom is 0.252 e. The summed E-state index contributed by atoms with van der Waals surface area (Å²) in [7, 11) is 0. The summed E-state index contributed by atoms with van der Waals surface area (Å²) in [5.41, 5.74) is 0.685. The van der Waals surface area contributed by atoms with E-state index in [-0.39, 0.29) is 29.2 Å². The summed E-state index contributed by atoms with van der Waals surface area (Å²) in [5, 5.41) is -0.608. The Morgan fingerprint density at radius 3 is 2.75 bits per heavy atom. The molecule has 102 valence electrons. The second kappa shape index (κ2) is 4.87. The molecule has 0 spiro atoms. The van der Waals surface area contributed by atoms with Crippen molar-refractivity contribution in [3.8, 4) is 0 Å². The van der Waals surface area contributed by atoms with Gasteiger partial charge >= 0.3 is 0 Å². The maximum atomic E-state index is 12.4. The SMILES string of the molecule is O=C(Cl)c1cccc(N2C(=O)C3C=CCCC3C2=O)c1. The second-order valence-electron chi connectivity index (χ2n) is 4.97. The summed E-state index contributed by atoms with van der Waals surface area (Å²) in [6.45, 7) is 0. The largest absolute Gasteiger partial charge is 0.276 e. The van der Waals surface area contributed by atoms with Crippen molar-refractivity contribution in [1.29, 1.82) is 0 Å². The third-order valence-corrected chi connectivity index (χ3v) is 4.01. The molecule has 2 amide bonds. The van der Waals surface area contributed by atoms with Gasteiger partial charge in [0, 0.05) is 5.56 Å². The third-order valence-electron chi connectivity index (χ3n) is 3.80. The van der Waals surface area contributed by atoms with Crippen molar-refractivity contribution < 1.29 is 14.4 Å². The number of fused-ring (bicyclic) bond motifs is 1. The number of halogens is 1. The van der Waals surface area contributed by atoms with Crippen LogP contribution in [-0.4, -0.2) is 17.1 Å². The Hall–Kier alpha value is -1.94. The van der Waals surface area contributed by atoms with Gasteiger partial charge in [-0.25, -0.2) is 4.90 Å². The highest BCUT2D eigenvalue weighted by molar-refractivity contribution is 6.67. The van der Waals surface area contributed by atoms with E-state index < -0.39 is 5.24 Å². The molecule has 20 heavy (non-hydrogen) atoms. The molecule has 1 aliphatic carbocycles. The first kappa shape index (κ1) is 13.1. The van der Waals surface area contributed by atoms with Crippen LogP contribution in [0.4, 0.5) is 5.69 Å². The van der Waals surface area contributed by atoms with Gasteiger partial charge in [0.2, 0.25) is 11.8 Å². The predicted octanol–water partition coefficient (Wildman–Crippen LogP) is 2.52. The number of benzene rings is 1. The minimum absolute atomic E-state index is 0.191.